The minimum atomic E-state index is 0.396. The molecule has 0 saturated carbocycles. The summed E-state index contributed by atoms with van der Waals surface area (Å²) >= 11 is 0. The number of nitrogens with two attached hydrogens (primary N) is 1. The molecule has 2 rings (SSSR count). The second-order valence-corrected chi connectivity index (χ2v) is 3.96. The molecule has 0 atom stereocenters. The summed E-state index contributed by atoms with van der Waals surface area (Å²) in [5.41, 5.74) is 6.55. The molecular formula is C12H19N7. The maximum Gasteiger partial charge on any atom is 0.151 e. The smallest absolute Gasteiger partial charge is 0.151 e. The lowest BCUT2D eigenvalue weighted by Gasteiger charge is -2.00. The second kappa shape index (κ2) is 7.93. The fraction of sp³-hybridized carbons (Fsp3) is 0.333. The van der Waals surface area contributed by atoms with E-state index < -0.39 is 0 Å². The van der Waals surface area contributed by atoms with Gasteiger partial charge in [0.15, 0.2) is 5.84 Å². The molecule has 0 radical (unpaired) electrons. The number of pyridine rings is 1. The van der Waals surface area contributed by atoms with Gasteiger partial charge in [0.1, 0.15) is 12.7 Å². The van der Waals surface area contributed by atoms with Crippen molar-refractivity contribution in [3.05, 3.63) is 42.7 Å². The quantitative estimate of drug-likeness (QED) is 0.639. The van der Waals surface area contributed by atoms with Crippen molar-refractivity contribution in [3.8, 4) is 0 Å². The molecule has 2 N–H and O–H groups in total. The largest absolute Gasteiger partial charge is 0.382 e. The zero-order valence-corrected chi connectivity index (χ0v) is 11.4. The van der Waals surface area contributed by atoms with Crippen LogP contribution in [0.15, 0.2) is 42.3 Å². The van der Waals surface area contributed by atoms with Crippen molar-refractivity contribution >= 4 is 5.84 Å². The molecule has 0 bridgehead atoms. The molecule has 2 heterocycles. The van der Waals surface area contributed by atoms with Gasteiger partial charge in [-0.3, -0.25) is 4.98 Å². The Balaban J connectivity index is 0.000000312. The molecule has 0 spiro atoms. The molecule has 2 aromatic rings. The molecule has 0 aromatic carbocycles. The lowest BCUT2D eigenvalue weighted by Crippen LogP contribution is -2.14. The van der Waals surface area contributed by atoms with Gasteiger partial charge >= 0.3 is 0 Å². The molecule has 0 aliphatic heterocycles. The Bertz CT molecular complexity index is 476. The topological polar surface area (TPSA) is 85.2 Å². The van der Waals surface area contributed by atoms with E-state index in [4.69, 9.17) is 5.73 Å². The Hall–Kier alpha value is -2.28. The third-order valence-electron chi connectivity index (χ3n) is 2.24. The van der Waals surface area contributed by atoms with Gasteiger partial charge in [0.2, 0.25) is 0 Å². The van der Waals surface area contributed by atoms with Crippen LogP contribution in [-0.4, -0.2) is 51.2 Å². The summed E-state index contributed by atoms with van der Waals surface area (Å²) in [6.07, 6.45) is 6.25. The van der Waals surface area contributed by atoms with Crippen LogP contribution in [-0.2, 0) is 0 Å². The summed E-state index contributed by atoms with van der Waals surface area (Å²) in [4.78, 5) is 6.01. The standard InChI is InChI=1S/C8H8N6.C4H11N/c9-8(7-1-3-10-4-2-7)13-14-5-11-12-6-14;1-4-5(2)3/h1-6H,(H2,9,13);4H2,1-3H3. The van der Waals surface area contributed by atoms with Crippen molar-refractivity contribution in [3.63, 3.8) is 0 Å². The summed E-state index contributed by atoms with van der Waals surface area (Å²) in [5, 5.41) is 11.3. The first kappa shape index (κ1) is 14.8. The van der Waals surface area contributed by atoms with Gasteiger partial charge in [-0.1, -0.05) is 6.92 Å². The van der Waals surface area contributed by atoms with Crippen LogP contribution in [0.5, 0.6) is 0 Å². The Morgan fingerprint density at radius 1 is 1.26 bits per heavy atom. The summed E-state index contributed by atoms with van der Waals surface area (Å²) in [5.74, 6) is 0.396. The lowest BCUT2D eigenvalue weighted by atomic mass is 10.2. The molecule has 7 heteroatoms. The van der Waals surface area contributed by atoms with Gasteiger partial charge in [0, 0.05) is 18.0 Å². The van der Waals surface area contributed by atoms with E-state index in [-0.39, 0.29) is 0 Å². The average molecular weight is 261 g/mol. The molecule has 19 heavy (non-hydrogen) atoms. The second-order valence-electron chi connectivity index (χ2n) is 3.96. The van der Waals surface area contributed by atoms with E-state index in [2.05, 4.69) is 46.2 Å². The number of amidine groups is 1. The highest BCUT2D eigenvalue weighted by Gasteiger charge is 1.96. The van der Waals surface area contributed by atoms with Crippen molar-refractivity contribution in [2.45, 2.75) is 6.92 Å². The SMILES string of the molecule is CCN(C)C.N/C(=N\n1cnnc1)c1ccncc1. The predicted molar refractivity (Wildman–Crippen MR) is 74.6 cm³/mol. The van der Waals surface area contributed by atoms with Crippen LogP contribution in [0.25, 0.3) is 0 Å². The van der Waals surface area contributed by atoms with Crippen molar-refractivity contribution in [1.82, 2.24) is 24.8 Å². The van der Waals surface area contributed by atoms with Crippen LogP contribution in [0.3, 0.4) is 0 Å². The van der Waals surface area contributed by atoms with Crippen LogP contribution < -0.4 is 5.73 Å². The fourth-order valence-electron chi connectivity index (χ4n) is 0.952. The van der Waals surface area contributed by atoms with Crippen LogP contribution in [0, 0.1) is 0 Å². The maximum absolute atomic E-state index is 5.73. The number of rotatable bonds is 3. The van der Waals surface area contributed by atoms with Gasteiger partial charge in [0.25, 0.3) is 0 Å². The van der Waals surface area contributed by atoms with E-state index in [1.54, 1.807) is 24.5 Å². The predicted octanol–water partition coefficient (Wildman–Crippen LogP) is 0.410. The Kier molecular flexibility index (Phi) is 6.17. The van der Waals surface area contributed by atoms with E-state index in [1.807, 2.05) is 0 Å². The number of aromatic nitrogens is 4. The number of hydrogen-bond acceptors (Lipinski definition) is 5. The van der Waals surface area contributed by atoms with Crippen molar-refractivity contribution < 1.29 is 0 Å². The molecular weight excluding hydrogens is 242 g/mol. The fourth-order valence-corrected chi connectivity index (χ4v) is 0.952. The third-order valence-corrected chi connectivity index (χ3v) is 2.24. The maximum atomic E-state index is 5.73. The summed E-state index contributed by atoms with van der Waals surface area (Å²) < 4.78 is 1.44. The molecule has 0 unspecified atom stereocenters. The van der Waals surface area contributed by atoms with Crippen molar-refractivity contribution in [2.24, 2.45) is 10.8 Å². The molecule has 7 nitrogen and oxygen atoms in total. The highest BCUT2D eigenvalue weighted by Crippen LogP contribution is 1.95. The molecule has 2 aromatic heterocycles. The molecule has 102 valence electrons. The first-order valence-corrected chi connectivity index (χ1v) is 5.87. The minimum absolute atomic E-state index is 0.396. The van der Waals surface area contributed by atoms with Gasteiger partial charge in [0.05, 0.1) is 0 Å². The van der Waals surface area contributed by atoms with Gasteiger partial charge in [-0.05, 0) is 32.8 Å². The Morgan fingerprint density at radius 2 is 1.79 bits per heavy atom. The van der Waals surface area contributed by atoms with E-state index in [0.717, 1.165) is 12.1 Å². The normalized spacial score (nSPS) is 11.1. The highest BCUT2D eigenvalue weighted by molar-refractivity contribution is 5.97. The monoisotopic (exact) mass is 261 g/mol. The van der Waals surface area contributed by atoms with Crippen LogP contribution >= 0.6 is 0 Å². The van der Waals surface area contributed by atoms with E-state index in [0.29, 0.717) is 5.84 Å². The molecule has 0 aliphatic rings. The lowest BCUT2D eigenvalue weighted by molar-refractivity contribution is 0.434. The molecule has 0 aliphatic carbocycles. The molecule has 0 amide bonds. The summed E-state index contributed by atoms with van der Waals surface area (Å²) in [6.45, 7) is 3.26. The highest BCUT2D eigenvalue weighted by atomic mass is 15.4. The third kappa shape index (κ3) is 5.73. The van der Waals surface area contributed by atoms with Gasteiger partial charge in [-0.2, -0.15) is 0 Å². The zero-order valence-electron chi connectivity index (χ0n) is 11.4. The Morgan fingerprint density at radius 3 is 2.26 bits per heavy atom. The van der Waals surface area contributed by atoms with E-state index >= 15 is 0 Å². The van der Waals surface area contributed by atoms with Gasteiger partial charge in [-0.25, -0.2) is 4.68 Å². The summed E-state index contributed by atoms with van der Waals surface area (Å²) in [6, 6.07) is 3.56. The van der Waals surface area contributed by atoms with E-state index in [1.165, 1.54) is 17.3 Å². The first-order valence-electron chi connectivity index (χ1n) is 5.87. The summed E-state index contributed by atoms with van der Waals surface area (Å²) in [7, 11) is 4.11. The van der Waals surface area contributed by atoms with Gasteiger partial charge < -0.3 is 10.6 Å². The molecule has 0 saturated heterocycles. The van der Waals surface area contributed by atoms with E-state index in [9.17, 15) is 0 Å². The Labute approximate surface area is 112 Å². The van der Waals surface area contributed by atoms with Crippen LogP contribution in [0.2, 0.25) is 0 Å². The van der Waals surface area contributed by atoms with Crippen LogP contribution in [0.1, 0.15) is 12.5 Å². The van der Waals surface area contributed by atoms with Crippen molar-refractivity contribution in [2.75, 3.05) is 20.6 Å². The van der Waals surface area contributed by atoms with Crippen LogP contribution in [0.4, 0.5) is 0 Å². The molecule has 0 fully saturated rings. The zero-order chi connectivity index (χ0) is 14.1. The van der Waals surface area contributed by atoms with Gasteiger partial charge in [-0.15, -0.1) is 15.3 Å². The minimum Gasteiger partial charge on any atom is -0.382 e. The van der Waals surface area contributed by atoms with Crippen molar-refractivity contribution in [1.29, 1.82) is 0 Å². The number of nitrogens with zero attached hydrogens (tertiary/aromatic N) is 6. The average Bonchev–Trinajstić information content (AvgIpc) is 2.93. The first-order chi connectivity index (χ1) is 9.13. The number of hydrogen-bond donors (Lipinski definition) is 1.